The van der Waals surface area contributed by atoms with E-state index in [2.05, 4.69) is 4.94 Å². The summed E-state index contributed by atoms with van der Waals surface area (Å²) in [6, 6.07) is 4.98. The molecule has 98 valence electrons. The minimum Gasteiger partial charge on any atom is -0.409 e. The first kappa shape index (κ1) is 14.2. The summed E-state index contributed by atoms with van der Waals surface area (Å²) in [6.45, 7) is 0.0455. The molecule has 0 fully saturated rings. The van der Waals surface area contributed by atoms with Crippen molar-refractivity contribution in [2.45, 2.75) is 0 Å². The number of nitrogens with two attached hydrogens (primary N) is 1. The second-order valence-electron chi connectivity index (χ2n) is 3.02. The van der Waals surface area contributed by atoms with Gasteiger partial charge in [-0.25, -0.2) is 4.79 Å². The minimum absolute atomic E-state index is 0.0455. The van der Waals surface area contributed by atoms with E-state index >= 15 is 0 Å². The molecule has 0 heterocycles. The third-order valence-corrected chi connectivity index (χ3v) is 2.04. The van der Waals surface area contributed by atoms with Crippen molar-refractivity contribution in [2.75, 3.05) is 12.4 Å². The van der Waals surface area contributed by atoms with Crippen LogP contribution in [0.5, 0.6) is 5.75 Å². The topological polar surface area (TPSA) is 108 Å². The first-order valence-corrected chi connectivity index (χ1v) is 5.28. The number of hydroxylamine groups is 2. The first-order valence-electron chi connectivity index (χ1n) is 4.75. The number of benzene rings is 1. The van der Waals surface area contributed by atoms with Gasteiger partial charge in [0.1, 0.15) is 5.75 Å². The monoisotopic (exact) mass is 275 g/mol. The molecule has 1 amide bonds. The Morgan fingerprint density at radius 3 is 2.50 bits per heavy atom. The predicted octanol–water partition coefficient (Wildman–Crippen LogP) is 1.44. The molecule has 18 heavy (non-hydrogen) atoms. The van der Waals surface area contributed by atoms with E-state index in [1.807, 2.05) is 0 Å². The van der Waals surface area contributed by atoms with Crippen LogP contribution in [0.3, 0.4) is 0 Å². The highest BCUT2D eigenvalue weighted by molar-refractivity contribution is 6.18. The van der Waals surface area contributed by atoms with Gasteiger partial charge in [-0.2, -0.15) is 15.9 Å². The van der Waals surface area contributed by atoms with Crippen molar-refractivity contribution in [1.29, 1.82) is 0 Å². The van der Waals surface area contributed by atoms with Gasteiger partial charge in [0, 0.05) is 18.0 Å². The third kappa shape index (κ3) is 3.84. The lowest BCUT2D eigenvalue weighted by molar-refractivity contribution is -0.384. The SMILES string of the molecule is NON(CCCl)C(=O)Oc1ccc([N+](=O)[O-])cc1. The molecule has 0 aliphatic heterocycles. The second kappa shape index (κ2) is 6.74. The first-order chi connectivity index (χ1) is 8.58. The van der Waals surface area contributed by atoms with Gasteiger partial charge in [-0.05, 0) is 12.1 Å². The van der Waals surface area contributed by atoms with Crippen molar-refractivity contribution in [3.8, 4) is 5.75 Å². The van der Waals surface area contributed by atoms with Crippen LogP contribution in [0.1, 0.15) is 0 Å². The average Bonchev–Trinajstić information content (AvgIpc) is 2.36. The molecule has 0 spiro atoms. The number of alkyl halides is 1. The number of nitro groups is 1. The Kier molecular flexibility index (Phi) is 5.31. The molecule has 0 saturated heterocycles. The molecule has 0 unspecified atom stereocenters. The predicted molar refractivity (Wildman–Crippen MR) is 61.8 cm³/mol. The summed E-state index contributed by atoms with van der Waals surface area (Å²) in [6.07, 6.45) is -0.869. The van der Waals surface area contributed by atoms with Crippen LogP contribution in [0.25, 0.3) is 0 Å². The van der Waals surface area contributed by atoms with Crippen molar-refractivity contribution >= 4 is 23.4 Å². The number of hydrogen-bond donors (Lipinski definition) is 1. The Hall–Kier alpha value is -1.90. The molecule has 0 aliphatic carbocycles. The second-order valence-corrected chi connectivity index (χ2v) is 3.39. The van der Waals surface area contributed by atoms with Gasteiger partial charge < -0.3 is 4.74 Å². The van der Waals surface area contributed by atoms with Crippen molar-refractivity contribution in [3.63, 3.8) is 0 Å². The number of amides is 1. The van der Waals surface area contributed by atoms with Crippen LogP contribution in [0, 0.1) is 10.1 Å². The maximum atomic E-state index is 11.5. The van der Waals surface area contributed by atoms with Crippen LogP contribution in [-0.2, 0) is 4.94 Å². The molecule has 2 N–H and O–H groups in total. The summed E-state index contributed by atoms with van der Waals surface area (Å²) in [7, 11) is 0. The van der Waals surface area contributed by atoms with Crippen molar-refractivity contribution in [3.05, 3.63) is 34.4 Å². The Labute approximate surface area is 107 Å². The smallest absolute Gasteiger partial charge is 0.409 e. The number of hydrogen-bond acceptors (Lipinski definition) is 6. The molecule has 9 heteroatoms. The van der Waals surface area contributed by atoms with Crippen molar-refractivity contribution < 1.29 is 19.4 Å². The van der Waals surface area contributed by atoms with Gasteiger partial charge >= 0.3 is 6.09 Å². The van der Waals surface area contributed by atoms with Gasteiger partial charge in [0.2, 0.25) is 0 Å². The normalized spacial score (nSPS) is 9.89. The Balaban J connectivity index is 2.66. The molecule has 0 aliphatic rings. The molecule has 1 aromatic carbocycles. The molecular formula is C9H10ClN3O5. The Morgan fingerprint density at radius 1 is 1.44 bits per heavy atom. The molecule has 0 radical (unpaired) electrons. The van der Waals surface area contributed by atoms with Gasteiger partial charge in [0.15, 0.2) is 0 Å². The fourth-order valence-corrected chi connectivity index (χ4v) is 1.20. The standard InChI is InChI=1S/C9H10ClN3O5/c10-5-6-12(18-11)9(14)17-8-3-1-7(2-4-8)13(15)16/h1-4H,5-6,11H2. The lowest BCUT2D eigenvalue weighted by Gasteiger charge is -2.16. The van der Waals surface area contributed by atoms with Gasteiger partial charge in [0.05, 0.1) is 11.5 Å². The van der Waals surface area contributed by atoms with Gasteiger partial charge in [-0.15, -0.1) is 11.6 Å². The number of rotatable bonds is 5. The zero-order valence-electron chi connectivity index (χ0n) is 9.11. The number of non-ortho nitro benzene ring substituents is 1. The van der Waals surface area contributed by atoms with E-state index in [4.69, 9.17) is 22.2 Å². The molecule has 1 aromatic rings. The van der Waals surface area contributed by atoms with Crippen LogP contribution in [0.2, 0.25) is 0 Å². The maximum Gasteiger partial charge on any atom is 0.440 e. The number of nitro benzene ring substituents is 1. The highest BCUT2D eigenvalue weighted by atomic mass is 35.5. The van der Waals surface area contributed by atoms with E-state index in [0.717, 1.165) is 0 Å². The van der Waals surface area contributed by atoms with E-state index in [9.17, 15) is 14.9 Å². The summed E-state index contributed by atoms with van der Waals surface area (Å²) in [4.78, 5) is 25.6. The third-order valence-electron chi connectivity index (χ3n) is 1.87. The fourth-order valence-electron chi connectivity index (χ4n) is 1.05. The summed E-state index contributed by atoms with van der Waals surface area (Å²) in [5, 5.41) is 11.1. The lowest BCUT2D eigenvalue weighted by Crippen LogP contribution is -2.37. The molecule has 0 atom stereocenters. The summed E-state index contributed by atoms with van der Waals surface area (Å²) >= 11 is 5.42. The van der Waals surface area contributed by atoms with E-state index in [-0.39, 0.29) is 23.9 Å². The zero-order chi connectivity index (χ0) is 13.5. The van der Waals surface area contributed by atoms with Crippen molar-refractivity contribution in [2.24, 2.45) is 5.90 Å². The maximum absolute atomic E-state index is 11.5. The van der Waals surface area contributed by atoms with Gasteiger partial charge in [-0.3, -0.25) is 10.1 Å². The van der Waals surface area contributed by atoms with E-state index in [1.54, 1.807) is 0 Å². The van der Waals surface area contributed by atoms with Crippen LogP contribution in [-0.4, -0.2) is 28.5 Å². The number of carbonyl (C=O) groups excluding carboxylic acids is 1. The molecule has 0 saturated carbocycles. The average molecular weight is 276 g/mol. The molecule has 0 bridgehead atoms. The largest absolute Gasteiger partial charge is 0.440 e. The number of nitrogens with zero attached hydrogens (tertiary/aromatic N) is 2. The van der Waals surface area contributed by atoms with Crippen LogP contribution in [0.4, 0.5) is 10.5 Å². The van der Waals surface area contributed by atoms with E-state index in [0.29, 0.717) is 5.06 Å². The van der Waals surface area contributed by atoms with E-state index in [1.165, 1.54) is 24.3 Å². The number of carbonyl (C=O) groups is 1. The molecular weight excluding hydrogens is 266 g/mol. The Morgan fingerprint density at radius 2 is 2.06 bits per heavy atom. The van der Waals surface area contributed by atoms with Crippen LogP contribution < -0.4 is 10.6 Å². The molecule has 1 rings (SSSR count). The highest BCUT2D eigenvalue weighted by Crippen LogP contribution is 2.17. The zero-order valence-corrected chi connectivity index (χ0v) is 9.87. The van der Waals surface area contributed by atoms with Crippen molar-refractivity contribution in [1.82, 2.24) is 5.06 Å². The highest BCUT2D eigenvalue weighted by Gasteiger charge is 2.16. The van der Waals surface area contributed by atoms with Crippen LogP contribution >= 0.6 is 11.6 Å². The summed E-state index contributed by atoms with van der Waals surface area (Å²) in [5.41, 5.74) is -0.109. The Bertz CT molecular complexity index is 425. The number of halogens is 1. The van der Waals surface area contributed by atoms with Gasteiger partial charge in [0.25, 0.3) is 5.69 Å². The number of ether oxygens (including phenoxy) is 1. The summed E-state index contributed by atoms with van der Waals surface area (Å²) in [5.74, 6) is 5.10. The van der Waals surface area contributed by atoms with Crippen LogP contribution in [0.15, 0.2) is 24.3 Å². The fraction of sp³-hybridized carbons (Fsp3) is 0.222. The summed E-state index contributed by atoms with van der Waals surface area (Å²) < 4.78 is 4.86. The molecule has 8 nitrogen and oxygen atoms in total. The minimum atomic E-state index is -0.869. The lowest BCUT2D eigenvalue weighted by atomic mass is 10.3. The van der Waals surface area contributed by atoms with E-state index < -0.39 is 11.0 Å². The molecule has 0 aromatic heterocycles. The van der Waals surface area contributed by atoms with Gasteiger partial charge in [-0.1, -0.05) is 0 Å². The quantitative estimate of drug-likeness (QED) is 0.495.